The number of esters is 1. The summed E-state index contributed by atoms with van der Waals surface area (Å²) in [4.78, 5) is 15.0. The summed E-state index contributed by atoms with van der Waals surface area (Å²) in [5.74, 6) is -0.456. The van der Waals surface area contributed by atoms with E-state index in [4.69, 9.17) is 4.74 Å². The highest BCUT2D eigenvalue weighted by Crippen LogP contribution is 2.21. The van der Waals surface area contributed by atoms with Crippen molar-refractivity contribution in [2.45, 2.75) is 39.2 Å². The summed E-state index contributed by atoms with van der Waals surface area (Å²) < 4.78 is 29.5. The summed E-state index contributed by atoms with van der Waals surface area (Å²) in [5, 5.41) is 1.61. The number of alkyl halides is 2. The molecule has 0 aliphatic rings. The van der Waals surface area contributed by atoms with Crippen LogP contribution in [0.3, 0.4) is 0 Å². The fraction of sp³-hybridized carbons (Fsp3) is 0.600. The zero-order valence-corrected chi connectivity index (χ0v) is 10.1. The van der Waals surface area contributed by atoms with Gasteiger partial charge in [-0.1, -0.05) is 0 Å². The monoisotopic (exact) mass is 249 g/mol. The Morgan fingerprint density at radius 3 is 2.62 bits per heavy atom. The van der Waals surface area contributed by atoms with E-state index in [1.165, 1.54) is 5.38 Å². The molecule has 0 aromatic carbocycles. The molecule has 0 radical (unpaired) electrons. The first-order chi connectivity index (χ1) is 7.28. The lowest BCUT2D eigenvalue weighted by atomic mass is 10.2. The quantitative estimate of drug-likeness (QED) is 0.773. The fourth-order valence-electron chi connectivity index (χ4n) is 1.01. The molecule has 0 atom stereocenters. The number of halogens is 2. The minimum absolute atomic E-state index is 0.0609. The van der Waals surface area contributed by atoms with Gasteiger partial charge in [-0.3, -0.25) is 4.79 Å². The molecule has 3 nitrogen and oxygen atoms in total. The Labute approximate surface area is 96.5 Å². The lowest BCUT2D eigenvalue weighted by Crippen LogP contribution is -2.24. The average molecular weight is 249 g/mol. The van der Waals surface area contributed by atoms with Crippen LogP contribution in [0.4, 0.5) is 8.78 Å². The molecule has 0 amide bonds. The van der Waals surface area contributed by atoms with Crippen molar-refractivity contribution in [3.05, 3.63) is 16.1 Å². The van der Waals surface area contributed by atoms with Crippen LogP contribution in [0, 0.1) is 0 Å². The summed E-state index contributed by atoms with van der Waals surface area (Å²) in [5.41, 5.74) is -0.858. The van der Waals surface area contributed by atoms with Crippen molar-refractivity contribution >= 4 is 17.3 Å². The molecule has 6 heteroatoms. The van der Waals surface area contributed by atoms with E-state index in [0.29, 0.717) is 5.01 Å². The normalized spacial score (nSPS) is 11.9. The molecule has 0 saturated carbocycles. The van der Waals surface area contributed by atoms with Gasteiger partial charge in [-0.15, -0.1) is 11.3 Å². The Morgan fingerprint density at radius 2 is 2.19 bits per heavy atom. The van der Waals surface area contributed by atoms with Gasteiger partial charge in [0.25, 0.3) is 6.43 Å². The van der Waals surface area contributed by atoms with Crippen molar-refractivity contribution in [3.8, 4) is 0 Å². The molecular weight excluding hydrogens is 236 g/mol. The third kappa shape index (κ3) is 4.22. The van der Waals surface area contributed by atoms with E-state index in [2.05, 4.69) is 4.98 Å². The Balaban J connectivity index is 2.57. The molecule has 0 aliphatic carbocycles. The van der Waals surface area contributed by atoms with Gasteiger partial charge in [0.05, 0.1) is 6.42 Å². The topological polar surface area (TPSA) is 39.2 Å². The summed E-state index contributed by atoms with van der Waals surface area (Å²) in [6.07, 6.45) is -2.65. The van der Waals surface area contributed by atoms with Gasteiger partial charge in [-0.25, -0.2) is 13.8 Å². The van der Waals surface area contributed by atoms with Crippen LogP contribution in [0.15, 0.2) is 5.38 Å². The molecule has 0 bridgehead atoms. The number of aromatic nitrogens is 1. The van der Waals surface area contributed by atoms with Crippen molar-refractivity contribution in [1.29, 1.82) is 0 Å². The van der Waals surface area contributed by atoms with Crippen LogP contribution < -0.4 is 0 Å². The van der Waals surface area contributed by atoms with Gasteiger partial charge in [0, 0.05) is 5.38 Å². The highest BCUT2D eigenvalue weighted by Gasteiger charge is 2.19. The van der Waals surface area contributed by atoms with E-state index < -0.39 is 18.0 Å². The zero-order chi connectivity index (χ0) is 12.3. The standard InChI is InChI=1S/C10H13F2NO2S/c1-10(2,3)15-8(14)4-7-13-6(5-16-7)9(11)12/h5,9H,4H2,1-3H3. The van der Waals surface area contributed by atoms with Gasteiger partial charge in [0.2, 0.25) is 0 Å². The largest absolute Gasteiger partial charge is 0.460 e. The Bertz CT molecular complexity index is 371. The number of thiazole rings is 1. The SMILES string of the molecule is CC(C)(C)OC(=O)Cc1nc(C(F)F)cs1. The Kier molecular flexibility index (Phi) is 3.96. The van der Waals surface area contributed by atoms with Gasteiger partial charge in [0.15, 0.2) is 0 Å². The van der Waals surface area contributed by atoms with Crippen molar-refractivity contribution < 1.29 is 18.3 Å². The number of hydrogen-bond donors (Lipinski definition) is 0. The molecule has 90 valence electrons. The predicted molar refractivity (Wildman–Crippen MR) is 56.6 cm³/mol. The van der Waals surface area contributed by atoms with Gasteiger partial charge in [0.1, 0.15) is 16.3 Å². The second-order valence-electron chi connectivity index (χ2n) is 4.23. The van der Waals surface area contributed by atoms with E-state index in [0.717, 1.165) is 11.3 Å². The highest BCUT2D eigenvalue weighted by atomic mass is 32.1. The second-order valence-corrected chi connectivity index (χ2v) is 5.17. The van der Waals surface area contributed by atoms with Crippen LogP contribution in [0.5, 0.6) is 0 Å². The lowest BCUT2D eigenvalue weighted by Gasteiger charge is -2.18. The number of carbonyl (C=O) groups excluding carboxylic acids is 1. The Hall–Kier alpha value is -1.04. The number of hydrogen-bond acceptors (Lipinski definition) is 4. The summed E-state index contributed by atoms with van der Waals surface area (Å²) >= 11 is 1.04. The van der Waals surface area contributed by atoms with E-state index in [9.17, 15) is 13.6 Å². The van der Waals surface area contributed by atoms with Crippen molar-refractivity contribution in [1.82, 2.24) is 4.98 Å². The van der Waals surface area contributed by atoms with Crippen LogP contribution >= 0.6 is 11.3 Å². The molecule has 0 aliphatic heterocycles. The summed E-state index contributed by atoms with van der Waals surface area (Å²) in [6, 6.07) is 0. The average Bonchev–Trinajstić information content (AvgIpc) is 2.48. The minimum atomic E-state index is -2.59. The first kappa shape index (κ1) is 13.0. The number of nitrogens with zero attached hydrogens (tertiary/aromatic N) is 1. The minimum Gasteiger partial charge on any atom is -0.460 e. The van der Waals surface area contributed by atoms with Crippen molar-refractivity contribution in [2.24, 2.45) is 0 Å². The molecular formula is C10H13F2NO2S. The molecule has 0 N–H and O–H groups in total. The summed E-state index contributed by atoms with van der Waals surface area (Å²) in [6.45, 7) is 5.24. The third-order valence-electron chi connectivity index (χ3n) is 1.51. The van der Waals surface area contributed by atoms with Crippen LogP contribution in [0.25, 0.3) is 0 Å². The first-order valence-electron chi connectivity index (χ1n) is 4.72. The third-order valence-corrected chi connectivity index (χ3v) is 2.38. The molecule has 16 heavy (non-hydrogen) atoms. The van der Waals surface area contributed by atoms with Gasteiger partial charge >= 0.3 is 5.97 Å². The molecule has 0 saturated heterocycles. The van der Waals surface area contributed by atoms with Crippen LogP contribution in [0.1, 0.15) is 37.9 Å². The van der Waals surface area contributed by atoms with Crippen LogP contribution in [-0.2, 0) is 16.0 Å². The van der Waals surface area contributed by atoms with E-state index >= 15 is 0 Å². The van der Waals surface area contributed by atoms with Crippen LogP contribution in [-0.4, -0.2) is 16.6 Å². The van der Waals surface area contributed by atoms with Gasteiger partial charge in [-0.05, 0) is 20.8 Å². The van der Waals surface area contributed by atoms with E-state index in [-0.39, 0.29) is 12.1 Å². The van der Waals surface area contributed by atoms with Crippen molar-refractivity contribution in [3.63, 3.8) is 0 Å². The first-order valence-corrected chi connectivity index (χ1v) is 5.60. The molecule has 1 aromatic heterocycles. The smallest absolute Gasteiger partial charge is 0.313 e. The fourth-order valence-corrected chi connectivity index (χ4v) is 1.78. The maximum Gasteiger partial charge on any atom is 0.313 e. The zero-order valence-electron chi connectivity index (χ0n) is 9.29. The number of rotatable bonds is 3. The number of carbonyl (C=O) groups is 1. The van der Waals surface area contributed by atoms with Gasteiger partial charge < -0.3 is 4.74 Å². The second kappa shape index (κ2) is 4.86. The molecule has 0 fully saturated rings. The van der Waals surface area contributed by atoms with Crippen LogP contribution in [0.2, 0.25) is 0 Å². The van der Waals surface area contributed by atoms with Gasteiger partial charge in [-0.2, -0.15) is 0 Å². The Morgan fingerprint density at radius 1 is 1.56 bits per heavy atom. The molecule has 0 spiro atoms. The van der Waals surface area contributed by atoms with E-state index in [1.54, 1.807) is 20.8 Å². The molecule has 1 aromatic rings. The maximum absolute atomic E-state index is 12.2. The van der Waals surface area contributed by atoms with Crippen molar-refractivity contribution in [2.75, 3.05) is 0 Å². The summed E-state index contributed by atoms with van der Waals surface area (Å²) in [7, 11) is 0. The van der Waals surface area contributed by atoms with E-state index in [1.807, 2.05) is 0 Å². The lowest BCUT2D eigenvalue weighted by molar-refractivity contribution is -0.153. The maximum atomic E-state index is 12.2. The predicted octanol–water partition coefficient (Wildman–Crippen LogP) is 2.96. The highest BCUT2D eigenvalue weighted by molar-refractivity contribution is 7.09. The molecule has 1 heterocycles. The molecule has 1 rings (SSSR count). The molecule has 0 unspecified atom stereocenters. The number of ether oxygens (including phenoxy) is 1.